The fraction of sp³-hybridized carbons (Fsp3) is 0.500. The molecule has 0 saturated carbocycles. The molecular weight excluding hydrogens is 541 g/mol. The molecule has 1 aliphatic carbocycles. The molecule has 12 heteroatoms. The van der Waals surface area contributed by atoms with Crippen LogP contribution >= 0.6 is 11.8 Å². The largest absolute Gasteiger partial charge is 0.416 e. The second kappa shape index (κ2) is 11.1. The molecule has 1 aromatic carbocycles. The van der Waals surface area contributed by atoms with Crippen molar-refractivity contribution in [1.82, 2.24) is 25.2 Å². The summed E-state index contributed by atoms with van der Waals surface area (Å²) in [5, 5.41) is 6.88. The number of fused-ring (bicyclic) bond motifs is 2. The van der Waals surface area contributed by atoms with Gasteiger partial charge in [0.25, 0.3) is 0 Å². The number of aryl methyl sites for hydroxylation is 2. The first kappa shape index (κ1) is 27.2. The third-order valence-corrected chi connectivity index (χ3v) is 9.61. The molecule has 2 aliphatic heterocycles. The van der Waals surface area contributed by atoms with E-state index in [1.165, 1.54) is 23.5 Å². The first-order valence-corrected chi connectivity index (χ1v) is 14.5. The number of anilines is 1. The van der Waals surface area contributed by atoms with E-state index in [4.69, 9.17) is 4.74 Å². The Morgan fingerprint density at radius 2 is 2.05 bits per heavy atom. The van der Waals surface area contributed by atoms with E-state index < -0.39 is 11.7 Å². The standard InChI is InChI=1S/C28H31F3N6O2S/c1-16-8-17-2-5-24(21(17)10-32-16)40-25-13-37(19-6-7-39-14-19)12-23(25)36-26(38)11-33-27-20-9-18(28(29,30)31)3-4-22(20)34-15-35-27/h3-4,8-10,15,19,23-25H,2,5-7,11-14H2,1H3,(H,36,38)(H,33,34,35)/t19?,23?,24?,25-/m0/s1. The SMILES string of the molecule is Cc1cc2c(cn1)C(S[C@H]1CN(C3CCOC3)CC1NC(=O)CNc1ncnc3ccc(C(F)(F)F)cc13)CC2. The van der Waals surface area contributed by atoms with Gasteiger partial charge in [0, 0.05) is 53.5 Å². The van der Waals surface area contributed by atoms with E-state index in [0.29, 0.717) is 23.4 Å². The molecule has 0 spiro atoms. The van der Waals surface area contributed by atoms with Crippen molar-refractivity contribution in [1.29, 1.82) is 0 Å². The number of hydrogen-bond donors (Lipinski definition) is 2. The van der Waals surface area contributed by atoms with Crippen molar-refractivity contribution in [2.24, 2.45) is 0 Å². The summed E-state index contributed by atoms with van der Waals surface area (Å²) in [4.78, 5) is 28.2. The number of hydrogen-bond acceptors (Lipinski definition) is 8. The van der Waals surface area contributed by atoms with Crippen LogP contribution in [0.1, 0.15) is 40.5 Å². The topological polar surface area (TPSA) is 92.3 Å². The van der Waals surface area contributed by atoms with Crippen LogP contribution in [0.2, 0.25) is 0 Å². The van der Waals surface area contributed by atoms with Crippen LogP contribution in [-0.4, -0.2) is 75.9 Å². The number of aromatic nitrogens is 3. The van der Waals surface area contributed by atoms with Gasteiger partial charge in [-0.15, -0.1) is 11.8 Å². The van der Waals surface area contributed by atoms with Crippen LogP contribution in [-0.2, 0) is 22.1 Å². The summed E-state index contributed by atoms with van der Waals surface area (Å²) in [7, 11) is 0. The van der Waals surface area contributed by atoms with E-state index in [9.17, 15) is 18.0 Å². The van der Waals surface area contributed by atoms with Gasteiger partial charge >= 0.3 is 6.18 Å². The molecule has 8 nitrogen and oxygen atoms in total. The van der Waals surface area contributed by atoms with Crippen molar-refractivity contribution in [2.45, 2.75) is 54.9 Å². The van der Waals surface area contributed by atoms with E-state index in [2.05, 4.69) is 36.6 Å². The molecule has 3 unspecified atom stereocenters. The summed E-state index contributed by atoms with van der Waals surface area (Å²) in [5.41, 5.74) is 3.26. The van der Waals surface area contributed by atoms with Crippen LogP contribution in [0.5, 0.6) is 0 Å². The third kappa shape index (κ3) is 5.75. The number of likely N-dealkylation sites (tertiary alicyclic amines) is 1. The van der Waals surface area contributed by atoms with Gasteiger partial charge in [-0.1, -0.05) is 0 Å². The Morgan fingerprint density at radius 1 is 1.18 bits per heavy atom. The quantitative estimate of drug-likeness (QED) is 0.437. The molecule has 6 rings (SSSR count). The highest BCUT2D eigenvalue weighted by molar-refractivity contribution is 8.00. The third-order valence-electron chi connectivity index (χ3n) is 7.96. The lowest BCUT2D eigenvalue weighted by molar-refractivity contribution is -0.137. The van der Waals surface area contributed by atoms with E-state index >= 15 is 0 Å². The Hall–Kier alpha value is -2.96. The van der Waals surface area contributed by atoms with E-state index in [1.54, 1.807) is 0 Å². The maximum atomic E-state index is 13.3. The van der Waals surface area contributed by atoms with Gasteiger partial charge in [-0.05, 0) is 61.6 Å². The number of nitrogens with one attached hydrogen (secondary N) is 2. The zero-order valence-corrected chi connectivity index (χ0v) is 22.9. The minimum absolute atomic E-state index is 0.0682. The number of nitrogens with zero attached hydrogens (tertiary/aromatic N) is 4. The van der Waals surface area contributed by atoms with Crippen molar-refractivity contribution < 1.29 is 22.7 Å². The minimum Gasteiger partial charge on any atom is -0.380 e. The monoisotopic (exact) mass is 572 g/mol. The number of pyridine rings is 1. The Bertz CT molecular complexity index is 1400. The van der Waals surface area contributed by atoms with Crippen LogP contribution in [0.3, 0.4) is 0 Å². The normalized spacial score (nSPS) is 24.9. The van der Waals surface area contributed by atoms with Gasteiger partial charge in [-0.2, -0.15) is 13.2 Å². The Morgan fingerprint density at radius 3 is 2.85 bits per heavy atom. The summed E-state index contributed by atoms with van der Waals surface area (Å²) in [6, 6.07) is 5.76. The lowest BCUT2D eigenvalue weighted by atomic mass is 10.1. The molecule has 2 fully saturated rings. The van der Waals surface area contributed by atoms with Crippen molar-refractivity contribution >= 4 is 34.4 Å². The zero-order chi connectivity index (χ0) is 27.9. The first-order valence-electron chi connectivity index (χ1n) is 13.5. The summed E-state index contributed by atoms with van der Waals surface area (Å²) < 4.78 is 45.4. The molecule has 212 valence electrons. The molecule has 0 radical (unpaired) electrons. The highest BCUT2D eigenvalue weighted by atomic mass is 32.2. The number of benzene rings is 1. The number of thioether (sulfide) groups is 1. The molecule has 2 N–H and O–H groups in total. The van der Waals surface area contributed by atoms with E-state index in [1.807, 2.05) is 24.9 Å². The predicted octanol–water partition coefficient (Wildman–Crippen LogP) is 4.14. The molecule has 0 bridgehead atoms. The molecule has 4 heterocycles. The van der Waals surface area contributed by atoms with Gasteiger partial charge in [0.15, 0.2) is 0 Å². The number of alkyl halides is 3. The number of halogens is 3. The van der Waals surface area contributed by atoms with Crippen molar-refractivity contribution in [2.75, 3.05) is 38.2 Å². The lowest BCUT2D eigenvalue weighted by Crippen LogP contribution is -2.44. The summed E-state index contributed by atoms with van der Waals surface area (Å²) in [5.74, 6) is -0.0401. The highest BCUT2D eigenvalue weighted by Crippen LogP contribution is 2.45. The number of carbonyl (C=O) groups is 1. The molecule has 3 aromatic rings. The molecule has 2 aromatic heterocycles. The van der Waals surface area contributed by atoms with Gasteiger partial charge in [-0.25, -0.2) is 9.97 Å². The van der Waals surface area contributed by atoms with Crippen LogP contribution in [0, 0.1) is 6.92 Å². The van der Waals surface area contributed by atoms with Crippen LogP contribution in [0.4, 0.5) is 19.0 Å². The predicted molar refractivity (Wildman–Crippen MR) is 147 cm³/mol. The van der Waals surface area contributed by atoms with Crippen molar-refractivity contribution in [3.8, 4) is 0 Å². The molecule has 2 saturated heterocycles. The average Bonchev–Trinajstić information content (AvgIpc) is 3.68. The first-order chi connectivity index (χ1) is 19.2. The highest BCUT2D eigenvalue weighted by Gasteiger charge is 2.40. The second-order valence-corrected chi connectivity index (χ2v) is 12.1. The number of carbonyl (C=O) groups excluding carboxylic acids is 1. The van der Waals surface area contributed by atoms with Gasteiger partial charge in [0.05, 0.1) is 30.3 Å². The number of amides is 1. The number of rotatable bonds is 7. The fourth-order valence-electron chi connectivity index (χ4n) is 5.91. The smallest absolute Gasteiger partial charge is 0.380 e. The van der Waals surface area contributed by atoms with Crippen LogP contribution in [0.15, 0.2) is 36.8 Å². The van der Waals surface area contributed by atoms with Crippen LogP contribution < -0.4 is 10.6 Å². The average molecular weight is 573 g/mol. The summed E-state index contributed by atoms with van der Waals surface area (Å²) >= 11 is 1.91. The molecule has 4 atom stereocenters. The number of ether oxygens (including phenoxy) is 1. The van der Waals surface area contributed by atoms with Crippen molar-refractivity contribution in [3.05, 3.63) is 59.2 Å². The summed E-state index contributed by atoms with van der Waals surface area (Å²) in [6.07, 6.45) is 1.86. The van der Waals surface area contributed by atoms with Gasteiger partial charge in [-0.3, -0.25) is 14.7 Å². The van der Waals surface area contributed by atoms with Crippen LogP contribution in [0.25, 0.3) is 10.9 Å². The zero-order valence-electron chi connectivity index (χ0n) is 22.1. The Kier molecular flexibility index (Phi) is 7.58. The van der Waals surface area contributed by atoms with Gasteiger partial charge in [0.1, 0.15) is 12.1 Å². The minimum atomic E-state index is -4.49. The molecular formula is C28H31F3N6O2S. The lowest BCUT2D eigenvalue weighted by Gasteiger charge is -2.23. The van der Waals surface area contributed by atoms with Gasteiger partial charge < -0.3 is 15.4 Å². The van der Waals surface area contributed by atoms with E-state index in [-0.39, 0.29) is 34.9 Å². The molecule has 1 amide bonds. The molecule has 40 heavy (non-hydrogen) atoms. The summed E-state index contributed by atoms with van der Waals surface area (Å²) in [6.45, 7) is 4.95. The fourth-order valence-corrected chi connectivity index (χ4v) is 7.57. The Labute approximate surface area is 234 Å². The van der Waals surface area contributed by atoms with Gasteiger partial charge in [0.2, 0.25) is 5.91 Å². The maximum Gasteiger partial charge on any atom is 0.416 e. The molecule has 3 aliphatic rings. The van der Waals surface area contributed by atoms with E-state index in [0.717, 1.165) is 56.8 Å². The Balaban J connectivity index is 1.14. The second-order valence-electron chi connectivity index (χ2n) is 10.7. The van der Waals surface area contributed by atoms with Crippen molar-refractivity contribution in [3.63, 3.8) is 0 Å². The maximum absolute atomic E-state index is 13.3.